The topological polar surface area (TPSA) is 67.4 Å². The summed E-state index contributed by atoms with van der Waals surface area (Å²) in [5.74, 6) is 0.0592. The lowest BCUT2D eigenvalue weighted by Crippen LogP contribution is -2.40. The van der Waals surface area contributed by atoms with Crippen LogP contribution in [0.1, 0.15) is 21.5 Å². The molecule has 2 N–H and O–H groups in total. The zero-order chi connectivity index (χ0) is 16.9. The van der Waals surface area contributed by atoms with Gasteiger partial charge in [-0.15, -0.1) is 0 Å². The highest BCUT2D eigenvalue weighted by molar-refractivity contribution is 6.30. The fraction of sp³-hybridized carbons (Fsp3) is 0.111. The minimum absolute atomic E-state index is 0.405. The number of carbonyl (C=O) groups excluding carboxylic acids is 2. The Morgan fingerprint density at radius 3 is 2.67 bits per heavy atom. The molecule has 2 aromatic rings. The Morgan fingerprint density at radius 2 is 1.88 bits per heavy atom. The molecule has 5 nitrogen and oxygen atoms in total. The van der Waals surface area contributed by atoms with Gasteiger partial charge in [0.25, 0.3) is 11.8 Å². The number of hydrazine groups is 1. The van der Waals surface area contributed by atoms with E-state index < -0.39 is 11.8 Å². The second kappa shape index (κ2) is 7.19. The number of amides is 2. The number of hydrogen-bond acceptors (Lipinski definition) is 3. The highest BCUT2D eigenvalue weighted by Gasteiger charge is 2.11. The molecule has 2 amide bonds. The highest BCUT2D eigenvalue weighted by atomic mass is 35.5. The standard InChI is InChI=1S/C18H15ClN2O3/c19-15-5-3-13(4-6-15)18(23)21-20-17(22)8-2-12-1-7-16-14(11-12)9-10-24-16/h1-8,11H,9-10H2,(H,20,22)(H,21,23)/b8-2+. The summed E-state index contributed by atoms with van der Waals surface area (Å²) in [7, 11) is 0. The Kier molecular flexibility index (Phi) is 4.82. The van der Waals surface area contributed by atoms with Crippen LogP contribution in [0.3, 0.4) is 0 Å². The third kappa shape index (κ3) is 3.94. The van der Waals surface area contributed by atoms with Crippen molar-refractivity contribution in [2.75, 3.05) is 6.61 Å². The second-order valence-electron chi connectivity index (χ2n) is 5.25. The number of fused-ring (bicyclic) bond motifs is 1. The van der Waals surface area contributed by atoms with E-state index in [0.717, 1.165) is 23.3 Å². The lowest BCUT2D eigenvalue weighted by Gasteiger charge is -2.05. The van der Waals surface area contributed by atoms with Crippen molar-refractivity contribution in [3.8, 4) is 5.75 Å². The van der Waals surface area contributed by atoms with Crippen LogP contribution < -0.4 is 15.6 Å². The largest absolute Gasteiger partial charge is 0.493 e. The Balaban J connectivity index is 1.53. The van der Waals surface area contributed by atoms with Crippen LogP contribution in [0.25, 0.3) is 6.08 Å². The SMILES string of the molecule is O=C(/C=C/c1ccc2c(c1)CCO2)NNC(=O)c1ccc(Cl)cc1. The van der Waals surface area contributed by atoms with Gasteiger partial charge in [-0.2, -0.15) is 0 Å². The first kappa shape index (κ1) is 16.1. The molecular formula is C18H15ClN2O3. The first-order valence-corrected chi connectivity index (χ1v) is 7.79. The third-order valence-corrected chi connectivity index (χ3v) is 3.80. The molecule has 0 saturated carbocycles. The van der Waals surface area contributed by atoms with Crippen LogP contribution >= 0.6 is 11.6 Å². The summed E-state index contributed by atoms with van der Waals surface area (Å²) >= 11 is 5.76. The van der Waals surface area contributed by atoms with E-state index in [1.54, 1.807) is 30.3 Å². The Morgan fingerprint density at radius 1 is 1.08 bits per heavy atom. The van der Waals surface area contributed by atoms with Gasteiger partial charge in [0.05, 0.1) is 6.61 Å². The van der Waals surface area contributed by atoms with Crippen LogP contribution in [0.4, 0.5) is 0 Å². The molecule has 0 aromatic heterocycles. The molecule has 0 atom stereocenters. The first-order valence-electron chi connectivity index (χ1n) is 7.41. The predicted molar refractivity (Wildman–Crippen MR) is 91.7 cm³/mol. The van der Waals surface area contributed by atoms with Gasteiger partial charge in [-0.05, 0) is 53.6 Å². The zero-order valence-electron chi connectivity index (χ0n) is 12.7. The quantitative estimate of drug-likeness (QED) is 0.665. The fourth-order valence-corrected chi connectivity index (χ4v) is 2.44. The number of hydrogen-bond donors (Lipinski definition) is 2. The maximum Gasteiger partial charge on any atom is 0.269 e. The molecular weight excluding hydrogens is 328 g/mol. The number of halogens is 1. The molecule has 3 rings (SSSR count). The average molecular weight is 343 g/mol. The molecule has 0 saturated heterocycles. The van der Waals surface area contributed by atoms with Crippen molar-refractivity contribution in [3.05, 3.63) is 70.3 Å². The Hall–Kier alpha value is -2.79. The van der Waals surface area contributed by atoms with Gasteiger partial charge in [0, 0.05) is 23.1 Å². The predicted octanol–water partition coefficient (Wildman–Crippen LogP) is 2.75. The van der Waals surface area contributed by atoms with Crippen LogP contribution in [-0.2, 0) is 11.2 Å². The van der Waals surface area contributed by atoms with E-state index in [1.807, 2.05) is 18.2 Å². The van der Waals surface area contributed by atoms with Crippen molar-refractivity contribution in [2.24, 2.45) is 0 Å². The van der Waals surface area contributed by atoms with Crippen molar-refractivity contribution in [1.82, 2.24) is 10.9 Å². The van der Waals surface area contributed by atoms with Gasteiger partial charge < -0.3 is 4.74 Å². The Labute approximate surface area is 144 Å². The maximum absolute atomic E-state index is 11.9. The fourth-order valence-electron chi connectivity index (χ4n) is 2.32. The minimum atomic E-state index is -0.422. The van der Waals surface area contributed by atoms with Crippen LogP contribution in [0.2, 0.25) is 5.02 Å². The number of ether oxygens (including phenoxy) is 1. The molecule has 0 unspecified atom stereocenters. The van der Waals surface area contributed by atoms with Gasteiger partial charge in [-0.25, -0.2) is 0 Å². The van der Waals surface area contributed by atoms with Gasteiger partial charge >= 0.3 is 0 Å². The zero-order valence-corrected chi connectivity index (χ0v) is 13.5. The second-order valence-corrected chi connectivity index (χ2v) is 5.69. The summed E-state index contributed by atoms with van der Waals surface area (Å²) in [4.78, 5) is 23.6. The molecule has 1 aliphatic heterocycles. The summed E-state index contributed by atoms with van der Waals surface area (Å²) < 4.78 is 5.43. The van der Waals surface area contributed by atoms with Gasteiger partial charge in [0.1, 0.15) is 5.75 Å². The van der Waals surface area contributed by atoms with E-state index in [9.17, 15) is 9.59 Å². The molecule has 6 heteroatoms. The molecule has 0 fully saturated rings. The molecule has 0 aliphatic carbocycles. The molecule has 0 spiro atoms. The highest BCUT2D eigenvalue weighted by Crippen LogP contribution is 2.26. The minimum Gasteiger partial charge on any atom is -0.493 e. The molecule has 122 valence electrons. The molecule has 1 heterocycles. The maximum atomic E-state index is 11.9. The van der Waals surface area contributed by atoms with Crippen LogP contribution in [0.15, 0.2) is 48.5 Å². The van der Waals surface area contributed by atoms with Crippen molar-refractivity contribution < 1.29 is 14.3 Å². The first-order chi connectivity index (χ1) is 11.6. The van der Waals surface area contributed by atoms with E-state index in [-0.39, 0.29) is 0 Å². The number of rotatable bonds is 3. The number of carbonyl (C=O) groups is 2. The van der Waals surface area contributed by atoms with E-state index in [4.69, 9.17) is 16.3 Å². The average Bonchev–Trinajstić information content (AvgIpc) is 3.06. The van der Waals surface area contributed by atoms with Crippen molar-refractivity contribution in [2.45, 2.75) is 6.42 Å². The summed E-state index contributed by atoms with van der Waals surface area (Å²) in [5, 5.41) is 0.540. The smallest absolute Gasteiger partial charge is 0.269 e. The van der Waals surface area contributed by atoms with Crippen molar-refractivity contribution in [1.29, 1.82) is 0 Å². The summed E-state index contributed by atoms with van der Waals surface area (Å²) in [6.07, 6.45) is 3.92. The van der Waals surface area contributed by atoms with Gasteiger partial charge in [-0.3, -0.25) is 20.4 Å². The molecule has 1 aliphatic rings. The Bertz CT molecular complexity index is 800. The van der Waals surface area contributed by atoms with E-state index in [0.29, 0.717) is 17.2 Å². The monoisotopic (exact) mass is 342 g/mol. The summed E-state index contributed by atoms with van der Waals surface area (Å²) in [6, 6.07) is 12.1. The molecule has 2 aromatic carbocycles. The van der Waals surface area contributed by atoms with Crippen LogP contribution in [0, 0.1) is 0 Å². The third-order valence-electron chi connectivity index (χ3n) is 3.55. The molecule has 0 bridgehead atoms. The van der Waals surface area contributed by atoms with Gasteiger partial charge in [0.15, 0.2) is 0 Å². The van der Waals surface area contributed by atoms with Crippen LogP contribution in [-0.4, -0.2) is 18.4 Å². The number of nitrogens with one attached hydrogen (secondary N) is 2. The van der Waals surface area contributed by atoms with Gasteiger partial charge in [-0.1, -0.05) is 17.7 Å². The lowest BCUT2D eigenvalue weighted by atomic mass is 10.1. The van der Waals surface area contributed by atoms with E-state index >= 15 is 0 Å². The van der Waals surface area contributed by atoms with Crippen molar-refractivity contribution in [3.63, 3.8) is 0 Å². The van der Waals surface area contributed by atoms with Gasteiger partial charge in [0.2, 0.25) is 0 Å². The van der Waals surface area contributed by atoms with Crippen molar-refractivity contribution >= 4 is 29.5 Å². The summed E-state index contributed by atoms with van der Waals surface area (Å²) in [6.45, 7) is 0.694. The van der Waals surface area contributed by atoms with Crippen LogP contribution in [0.5, 0.6) is 5.75 Å². The summed E-state index contributed by atoms with van der Waals surface area (Å²) in [5.41, 5.74) is 7.12. The normalized spacial score (nSPS) is 12.5. The van der Waals surface area contributed by atoms with E-state index in [2.05, 4.69) is 10.9 Å². The molecule has 0 radical (unpaired) electrons. The van der Waals surface area contributed by atoms with E-state index in [1.165, 1.54) is 6.08 Å². The lowest BCUT2D eigenvalue weighted by molar-refractivity contribution is -0.117. The molecule has 24 heavy (non-hydrogen) atoms. The number of benzene rings is 2.